The number of aryl methyl sites for hydroxylation is 1. The number of ketones is 1. The third-order valence-electron chi connectivity index (χ3n) is 6.24. The van der Waals surface area contributed by atoms with E-state index in [1.807, 2.05) is 6.92 Å². The highest BCUT2D eigenvalue weighted by molar-refractivity contribution is 7.89. The van der Waals surface area contributed by atoms with Gasteiger partial charge in [0.15, 0.2) is 0 Å². The van der Waals surface area contributed by atoms with Crippen LogP contribution in [0.25, 0.3) is 0 Å². The molecule has 0 saturated carbocycles. The predicted octanol–water partition coefficient (Wildman–Crippen LogP) is 2.99. The van der Waals surface area contributed by atoms with Gasteiger partial charge in [-0.15, -0.1) is 0 Å². The fourth-order valence-corrected chi connectivity index (χ4v) is 5.57. The van der Waals surface area contributed by atoms with Crippen molar-refractivity contribution in [1.82, 2.24) is 9.21 Å². The molecule has 0 aliphatic carbocycles. The molecule has 1 fully saturated rings. The summed E-state index contributed by atoms with van der Waals surface area (Å²) in [6.07, 6.45) is 0. The Morgan fingerprint density at radius 1 is 0.941 bits per heavy atom. The molecule has 1 N–H and O–H groups in total. The van der Waals surface area contributed by atoms with Gasteiger partial charge in [0, 0.05) is 44.8 Å². The second kappa shape index (κ2) is 11.1. The molecular formula is C25H34N4O4S. The van der Waals surface area contributed by atoms with E-state index in [-0.39, 0.29) is 10.5 Å². The number of Topliss-reactive ketones (excluding diaryl/α,β-unsaturated/α-hetero) is 1. The minimum absolute atomic E-state index is 0.0882. The number of amides is 1. The van der Waals surface area contributed by atoms with Crippen LogP contribution >= 0.6 is 0 Å². The Morgan fingerprint density at radius 2 is 1.56 bits per heavy atom. The van der Waals surface area contributed by atoms with Crippen molar-refractivity contribution in [2.24, 2.45) is 0 Å². The first-order chi connectivity index (χ1) is 16.2. The molecule has 2 aromatic rings. The Kier molecular flexibility index (Phi) is 8.46. The Bertz CT molecular complexity index is 1120. The summed E-state index contributed by atoms with van der Waals surface area (Å²) in [5.74, 6) is -1.46. The van der Waals surface area contributed by atoms with Crippen LogP contribution in [0.5, 0.6) is 0 Å². The normalized spacial score (nSPS) is 14.9. The molecule has 1 aliphatic heterocycles. The summed E-state index contributed by atoms with van der Waals surface area (Å²) >= 11 is 0. The molecule has 2 aromatic carbocycles. The highest BCUT2D eigenvalue weighted by atomic mass is 32.2. The van der Waals surface area contributed by atoms with Crippen molar-refractivity contribution in [3.63, 3.8) is 0 Å². The maximum absolute atomic E-state index is 13.1. The van der Waals surface area contributed by atoms with Crippen LogP contribution in [0.1, 0.15) is 36.7 Å². The average Bonchev–Trinajstić information content (AvgIpc) is 2.84. The van der Waals surface area contributed by atoms with Gasteiger partial charge in [-0.1, -0.05) is 50.6 Å². The quantitative estimate of drug-likeness (QED) is 0.433. The van der Waals surface area contributed by atoms with E-state index in [1.54, 1.807) is 50.2 Å². The SMILES string of the molecule is CCN1CCN(c2ccc(S(=O)(=O)N(CC)CC)cc2NC(=O)C(=O)c2ccc(C)cc2)CC1. The van der Waals surface area contributed by atoms with Gasteiger partial charge in [-0.25, -0.2) is 8.42 Å². The molecule has 0 aromatic heterocycles. The third-order valence-corrected chi connectivity index (χ3v) is 8.29. The number of likely N-dealkylation sites (N-methyl/N-ethyl adjacent to an activating group) is 1. The molecule has 0 spiro atoms. The number of piperazine rings is 1. The molecule has 0 unspecified atom stereocenters. The topological polar surface area (TPSA) is 90.0 Å². The van der Waals surface area contributed by atoms with E-state index in [0.717, 1.165) is 38.3 Å². The number of rotatable bonds is 9. The summed E-state index contributed by atoms with van der Waals surface area (Å²) in [7, 11) is -3.73. The van der Waals surface area contributed by atoms with Crippen LogP contribution in [0.3, 0.4) is 0 Å². The molecule has 8 nitrogen and oxygen atoms in total. The lowest BCUT2D eigenvalue weighted by atomic mass is 10.1. The number of carbonyl (C=O) groups excluding carboxylic acids is 2. The number of hydrogen-bond donors (Lipinski definition) is 1. The number of hydrogen-bond acceptors (Lipinski definition) is 6. The van der Waals surface area contributed by atoms with Crippen molar-refractivity contribution in [3.05, 3.63) is 53.6 Å². The zero-order chi connectivity index (χ0) is 24.9. The molecule has 34 heavy (non-hydrogen) atoms. The van der Waals surface area contributed by atoms with Gasteiger partial charge in [-0.05, 0) is 31.7 Å². The molecule has 1 amide bonds. The molecule has 1 heterocycles. The van der Waals surface area contributed by atoms with Crippen LogP contribution in [0.15, 0.2) is 47.4 Å². The molecule has 0 atom stereocenters. The molecule has 1 aliphatic rings. The van der Waals surface area contributed by atoms with Crippen LogP contribution in [-0.2, 0) is 14.8 Å². The molecule has 184 valence electrons. The summed E-state index contributed by atoms with van der Waals surface area (Å²) in [4.78, 5) is 30.2. The van der Waals surface area contributed by atoms with Crippen LogP contribution in [-0.4, -0.2) is 75.1 Å². The van der Waals surface area contributed by atoms with Crippen molar-refractivity contribution in [2.75, 3.05) is 56.0 Å². The fourth-order valence-electron chi connectivity index (χ4n) is 4.08. The van der Waals surface area contributed by atoms with Crippen molar-refractivity contribution in [3.8, 4) is 0 Å². The summed E-state index contributed by atoms with van der Waals surface area (Å²) < 4.78 is 27.6. The number of sulfonamides is 1. The summed E-state index contributed by atoms with van der Waals surface area (Å²) in [5, 5.41) is 2.71. The minimum atomic E-state index is -3.73. The van der Waals surface area contributed by atoms with E-state index in [0.29, 0.717) is 24.5 Å². The van der Waals surface area contributed by atoms with E-state index in [1.165, 1.54) is 10.4 Å². The number of carbonyl (C=O) groups is 2. The lowest BCUT2D eigenvalue weighted by Gasteiger charge is -2.36. The highest BCUT2D eigenvalue weighted by Gasteiger charge is 2.26. The van der Waals surface area contributed by atoms with Gasteiger partial charge >= 0.3 is 0 Å². The maximum Gasteiger partial charge on any atom is 0.296 e. The molecule has 9 heteroatoms. The average molecular weight is 487 g/mol. The fraction of sp³-hybridized carbons (Fsp3) is 0.440. The van der Waals surface area contributed by atoms with E-state index in [4.69, 9.17) is 0 Å². The van der Waals surface area contributed by atoms with E-state index >= 15 is 0 Å². The van der Waals surface area contributed by atoms with E-state index < -0.39 is 21.7 Å². The molecule has 1 saturated heterocycles. The lowest BCUT2D eigenvalue weighted by molar-refractivity contribution is -0.112. The van der Waals surface area contributed by atoms with Gasteiger partial charge in [0.05, 0.1) is 16.3 Å². The molecule has 0 bridgehead atoms. The monoisotopic (exact) mass is 486 g/mol. The Morgan fingerprint density at radius 3 is 2.12 bits per heavy atom. The standard InChI is InChI=1S/C25H34N4O4S/c1-5-27-14-16-28(17-15-27)23-13-12-21(34(32,33)29(6-2)7-3)18-22(23)26-25(31)24(30)20-10-8-19(4)9-11-20/h8-13,18H,5-7,14-17H2,1-4H3,(H,26,31). The third kappa shape index (κ3) is 5.65. The lowest BCUT2D eigenvalue weighted by Crippen LogP contribution is -2.46. The largest absolute Gasteiger partial charge is 0.367 e. The van der Waals surface area contributed by atoms with E-state index in [9.17, 15) is 18.0 Å². The number of benzene rings is 2. The first kappa shape index (κ1) is 25.9. The zero-order valence-electron chi connectivity index (χ0n) is 20.4. The van der Waals surface area contributed by atoms with Crippen molar-refractivity contribution in [1.29, 1.82) is 0 Å². The smallest absolute Gasteiger partial charge is 0.296 e. The second-order valence-electron chi connectivity index (χ2n) is 8.34. The first-order valence-electron chi connectivity index (χ1n) is 11.7. The van der Waals surface area contributed by atoms with Gasteiger partial charge in [-0.3, -0.25) is 9.59 Å². The Hall–Kier alpha value is -2.75. The van der Waals surface area contributed by atoms with Gasteiger partial charge in [0.25, 0.3) is 11.7 Å². The number of anilines is 2. The zero-order valence-corrected chi connectivity index (χ0v) is 21.2. The highest BCUT2D eigenvalue weighted by Crippen LogP contribution is 2.31. The van der Waals surface area contributed by atoms with Crippen LogP contribution < -0.4 is 10.2 Å². The van der Waals surface area contributed by atoms with Gasteiger partial charge in [0.1, 0.15) is 0 Å². The maximum atomic E-state index is 13.1. The van der Waals surface area contributed by atoms with Crippen LogP contribution in [0.4, 0.5) is 11.4 Å². The van der Waals surface area contributed by atoms with Crippen LogP contribution in [0.2, 0.25) is 0 Å². The predicted molar refractivity (Wildman–Crippen MR) is 135 cm³/mol. The summed E-state index contributed by atoms with van der Waals surface area (Å²) in [5.41, 5.74) is 2.30. The second-order valence-corrected chi connectivity index (χ2v) is 10.3. The summed E-state index contributed by atoms with van der Waals surface area (Å²) in [6.45, 7) is 12.4. The Labute approximate surface area is 202 Å². The van der Waals surface area contributed by atoms with Gasteiger partial charge in [0.2, 0.25) is 10.0 Å². The number of nitrogens with one attached hydrogen (secondary N) is 1. The van der Waals surface area contributed by atoms with Crippen molar-refractivity contribution in [2.45, 2.75) is 32.6 Å². The van der Waals surface area contributed by atoms with E-state index in [2.05, 4.69) is 22.0 Å². The summed E-state index contributed by atoms with van der Waals surface area (Å²) in [6, 6.07) is 11.5. The van der Waals surface area contributed by atoms with Crippen molar-refractivity contribution < 1.29 is 18.0 Å². The van der Waals surface area contributed by atoms with Crippen LogP contribution in [0, 0.1) is 6.92 Å². The molecular weight excluding hydrogens is 452 g/mol. The molecule has 0 radical (unpaired) electrons. The minimum Gasteiger partial charge on any atom is -0.367 e. The Balaban J connectivity index is 1.96. The van der Waals surface area contributed by atoms with Gasteiger partial charge in [-0.2, -0.15) is 4.31 Å². The van der Waals surface area contributed by atoms with Gasteiger partial charge < -0.3 is 15.1 Å². The first-order valence-corrected chi connectivity index (χ1v) is 13.2. The number of nitrogens with zero attached hydrogens (tertiary/aromatic N) is 3. The van der Waals surface area contributed by atoms with Crippen molar-refractivity contribution >= 4 is 33.1 Å². The molecule has 3 rings (SSSR count).